The second-order valence-corrected chi connectivity index (χ2v) is 5.31. The lowest BCUT2D eigenvalue weighted by Gasteiger charge is -2.27. The first-order valence-electron chi connectivity index (χ1n) is 7.22. The standard InChI is InChI=1S/C16H17N5O2/c1-4-9-23-15(22)13-11(3)17-16-18-19-20-21(16)14(13)12-7-5-10(2)6-8-12/h4-8,14H,1,9H2,2-3H3,(H,17,18,20)/t14-/m0/s1. The van der Waals surface area contributed by atoms with Crippen LogP contribution in [0.4, 0.5) is 5.95 Å². The lowest BCUT2D eigenvalue weighted by Crippen LogP contribution is -2.29. The maximum absolute atomic E-state index is 12.5. The summed E-state index contributed by atoms with van der Waals surface area (Å²) in [5.41, 5.74) is 3.20. The Kier molecular flexibility index (Phi) is 3.92. The normalized spacial score (nSPS) is 16.5. The SMILES string of the molecule is C=CCOC(=O)C1=C(C)Nc2nnnn2[C@H]1c1ccc(C)cc1. The summed E-state index contributed by atoms with van der Waals surface area (Å²) in [5.74, 6) is 0.0787. The summed E-state index contributed by atoms with van der Waals surface area (Å²) >= 11 is 0. The lowest BCUT2D eigenvalue weighted by atomic mass is 9.95. The number of tetrazole rings is 1. The van der Waals surface area contributed by atoms with Crippen molar-refractivity contribution in [2.24, 2.45) is 0 Å². The summed E-state index contributed by atoms with van der Waals surface area (Å²) in [5, 5.41) is 14.7. The average Bonchev–Trinajstić information content (AvgIpc) is 3.00. The predicted molar refractivity (Wildman–Crippen MR) is 84.6 cm³/mol. The van der Waals surface area contributed by atoms with Crippen LogP contribution in [0.1, 0.15) is 24.1 Å². The first kappa shape index (κ1) is 15.0. The van der Waals surface area contributed by atoms with Gasteiger partial charge in [0.2, 0.25) is 5.95 Å². The van der Waals surface area contributed by atoms with Crippen molar-refractivity contribution in [1.29, 1.82) is 0 Å². The predicted octanol–water partition coefficient (Wildman–Crippen LogP) is 2.00. The molecule has 1 atom stereocenters. The number of nitrogens with one attached hydrogen (secondary N) is 1. The molecule has 118 valence electrons. The molecule has 0 bridgehead atoms. The molecule has 0 amide bonds. The van der Waals surface area contributed by atoms with Gasteiger partial charge in [-0.2, -0.15) is 4.68 Å². The number of rotatable bonds is 4. The number of esters is 1. The van der Waals surface area contributed by atoms with E-state index >= 15 is 0 Å². The van der Waals surface area contributed by atoms with Crippen LogP contribution in [0.5, 0.6) is 0 Å². The topological polar surface area (TPSA) is 81.9 Å². The third-order valence-corrected chi connectivity index (χ3v) is 3.66. The van der Waals surface area contributed by atoms with E-state index in [0.717, 1.165) is 11.1 Å². The van der Waals surface area contributed by atoms with E-state index in [1.807, 2.05) is 38.1 Å². The highest BCUT2D eigenvalue weighted by Crippen LogP contribution is 2.34. The Morgan fingerprint density at radius 1 is 1.39 bits per heavy atom. The van der Waals surface area contributed by atoms with E-state index in [2.05, 4.69) is 27.4 Å². The van der Waals surface area contributed by atoms with Crippen molar-refractivity contribution in [3.63, 3.8) is 0 Å². The fourth-order valence-corrected chi connectivity index (χ4v) is 2.55. The molecule has 0 radical (unpaired) electrons. The van der Waals surface area contributed by atoms with Crippen molar-refractivity contribution in [1.82, 2.24) is 20.2 Å². The quantitative estimate of drug-likeness (QED) is 0.687. The molecule has 2 heterocycles. The van der Waals surface area contributed by atoms with Gasteiger partial charge in [0.25, 0.3) is 0 Å². The molecule has 23 heavy (non-hydrogen) atoms. The van der Waals surface area contributed by atoms with Gasteiger partial charge in [-0.05, 0) is 29.8 Å². The second-order valence-electron chi connectivity index (χ2n) is 5.31. The molecule has 1 N–H and O–H groups in total. The lowest BCUT2D eigenvalue weighted by molar-refractivity contribution is -0.138. The van der Waals surface area contributed by atoms with Crippen LogP contribution in [0.25, 0.3) is 0 Å². The van der Waals surface area contributed by atoms with E-state index < -0.39 is 12.0 Å². The summed E-state index contributed by atoms with van der Waals surface area (Å²) < 4.78 is 6.82. The van der Waals surface area contributed by atoms with E-state index in [1.165, 1.54) is 6.08 Å². The van der Waals surface area contributed by atoms with Crippen LogP contribution >= 0.6 is 0 Å². The van der Waals surface area contributed by atoms with Crippen molar-refractivity contribution < 1.29 is 9.53 Å². The van der Waals surface area contributed by atoms with Gasteiger partial charge in [0.15, 0.2) is 0 Å². The molecule has 0 unspecified atom stereocenters. The first-order valence-corrected chi connectivity index (χ1v) is 7.22. The van der Waals surface area contributed by atoms with Crippen LogP contribution in [0, 0.1) is 6.92 Å². The Morgan fingerprint density at radius 3 is 2.83 bits per heavy atom. The number of aromatic nitrogens is 4. The zero-order valence-corrected chi connectivity index (χ0v) is 13.0. The Bertz CT molecular complexity index is 776. The average molecular weight is 311 g/mol. The van der Waals surface area contributed by atoms with Crippen LogP contribution in [0.2, 0.25) is 0 Å². The summed E-state index contributed by atoms with van der Waals surface area (Å²) in [6.45, 7) is 7.53. The van der Waals surface area contributed by atoms with E-state index in [-0.39, 0.29) is 6.61 Å². The van der Waals surface area contributed by atoms with Gasteiger partial charge in [-0.15, -0.1) is 0 Å². The van der Waals surface area contributed by atoms with Crippen LogP contribution in [-0.2, 0) is 9.53 Å². The van der Waals surface area contributed by atoms with Crippen molar-refractivity contribution in [3.8, 4) is 0 Å². The smallest absolute Gasteiger partial charge is 0.338 e. The van der Waals surface area contributed by atoms with Crippen LogP contribution in [-0.4, -0.2) is 32.8 Å². The van der Waals surface area contributed by atoms with Crippen molar-refractivity contribution in [2.45, 2.75) is 19.9 Å². The summed E-state index contributed by atoms with van der Waals surface area (Å²) in [6.07, 6.45) is 1.54. The number of benzene rings is 1. The van der Waals surface area contributed by atoms with Crippen LogP contribution < -0.4 is 5.32 Å². The highest BCUT2D eigenvalue weighted by Gasteiger charge is 2.34. The molecule has 1 aliphatic heterocycles. The van der Waals surface area contributed by atoms with Crippen molar-refractivity contribution in [2.75, 3.05) is 11.9 Å². The Morgan fingerprint density at radius 2 is 2.13 bits per heavy atom. The number of carbonyl (C=O) groups excluding carboxylic acids is 1. The molecular formula is C16H17N5O2. The Labute approximate surface area is 133 Å². The zero-order chi connectivity index (χ0) is 16.4. The number of anilines is 1. The van der Waals surface area contributed by atoms with E-state index in [4.69, 9.17) is 4.74 Å². The maximum Gasteiger partial charge on any atom is 0.338 e. The molecule has 2 aromatic rings. The minimum absolute atomic E-state index is 0.151. The number of hydrogen-bond donors (Lipinski definition) is 1. The molecule has 1 aromatic heterocycles. The number of ether oxygens (including phenoxy) is 1. The van der Waals surface area contributed by atoms with Gasteiger partial charge < -0.3 is 10.1 Å². The van der Waals surface area contributed by atoms with E-state index in [1.54, 1.807) is 4.68 Å². The van der Waals surface area contributed by atoms with Gasteiger partial charge in [-0.1, -0.05) is 47.6 Å². The minimum Gasteiger partial charge on any atom is -0.458 e. The molecule has 1 aliphatic rings. The number of hydrogen-bond acceptors (Lipinski definition) is 6. The monoisotopic (exact) mass is 311 g/mol. The van der Waals surface area contributed by atoms with E-state index in [9.17, 15) is 4.79 Å². The van der Waals surface area contributed by atoms with Gasteiger partial charge in [0.05, 0.1) is 5.57 Å². The van der Waals surface area contributed by atoms with Crippen LogP contribution in [0.3, 0.4) is 0 Å². The number of fused-ring (bicyclic) bond motifs is 1. The van der Waals surface area contributed by atoms with Gasteiger partial charge in [-0.3, -0.25) is 0 Å². The number of allylic oxidation sites excluding steroid dienone is 1. The molecule has 0 spiro atoms. The maximum atomic E-state index is 12.5. The molecule has 3 rings (SSSR count). The second kappa shape index (κ2) is 6.04. The highest BCUT2D eigenvalue weighted by molar-refractivity contribution is 5.92. The molecular weight excluding hydrogens is 294 g/mol. The molecule has 0 fully saturated rings. The Balaban J connectivity index is 2.08. The number of nitrogens with zero attached hydrogens (tertiary/aromatic N) is 4. The highest BCUT2D eigenvalue weighted by atomic mass is 16.5. The summed E-state index contributed by atoms with van der Waals surface area (Å²) in [4.78, 5) is 12.5. The molecule has 0 saturated carbocycles. The Hall–Kier alpha value is -2.96. The summed E-state index contributed by atoms with van der Waals surface area (Å²) in [7, 11) is 0. The fraction of sp³-hybridized carbons (Fsp3) is 0.250. The molecule has 0 aliphatic carbocycles. The van der Waals surface area contributed by atoms with Crippen molar-refractivity contribution >= 4 is 11.9 Å². The third kappa shape index (κ3) is 2.73. The van der Waals surface area contributed by atoms with Crippen molar-refractivity contribution in [3.05, 3.63) is 59.3 Å². The first-order chi connectivity index (χ1) is 11.1. The third-order valence-electron chi connectivity index (χ3n) is 3.66. The van der Waals surface area contributed by atoms with Gasteiger partial charge >= 0.3 is 5.97 Å². The number of aryl methyl sites for hydroxylation is 1. The van der Waals surface area contributed by atoms with E-state index in [0.29, 0.717) is 17.2 Å². The molecule has 0 saturated heterocycles. The largest absolute Gasteiger partial charge is 0.458 e. The minimum atomic E-state index is -0.431. The fourth-order valence-electron chi connectivity index (χ4n) is 2.55. The number of carbonyl (C=O) groups is 1. The summed E-state index contributed by atoms with van der Waals surface area (Å²) in [6, 6.07) is 7.47. The molecule has 7 nitrogen and oxygen atoms in total. The van der Waals surface area contributed by atoms with Gasteiger partial charge in [-0.25, -0.2) is 4.79 Å². The zero-order valence-electron chi connectivity index (χ0n) is 13.0. The molecule has 7 heteroatoms. The van der Waals surface area contributed by atoms with Crippen LogP contribution in [0.15, 0.2) is 48.2 Å². The van der Waals surface area contributed by atoms with Gasteiger partial charge in [0.1, 0.15) is 12.6 Å². The molecule has 1 aromatic carbocycles. The van der Waals surface area contributed by atoms with Gasteiger partial charge in [0, 0.05) is 5.70 Å².